The maximum atomic E-state index is 13.6. The average Bonchev–Trinajstić information content (AvgIpc) is 2.44. The van der Waals surface area contributed by atoms with Gasteiger partial charge in [-0.15, -0.1) is 0 Å². The third-order valence-corrected chi connectivity index (χ3v) is 6.10. The lowest BCUT2D eigenvalue weighted by Gasteiger charge is -2.35. The van der Waals surface area contributed by atoms with Crippen molar-refractivity contribution in [3.8, 4) is 0 Å². The minimum Gasteiger partial charge on any atom is -0.374 e. The van der Waals surface area contributed by atoms with Crippen LogP contribution in [0.15, 0.2) is 0 Å². The van der Waals surface area contributed by atoms with E-state index in [1.54, 1.807) is 0 Å². The van der Waals surface area contributed by atoms with Gasteiger partial charge in [-0.25, -0.2) is 0 Å². The maximum Gasteiger partial charge on any atom is 0.501 e. The van der Waals surface area contributed by atoms with Gasteiger partial charge in [0, 0.05) is 32.3 Å². The number of halogens is 9. The molecule has 0 saturated heterocycles. The van der Waals surface area contributed by atoms with Crippen LogP contribution in [-0.2, 0) is 13.3 Å². The van der Waals surface area contributed by atoms with Gasteiger partial charge in [-0.1, -0.05) is 0 Å². The molecule has 0 spiro atoms. The maximum absolute atomic E-state index is 13.6. The zero-order valence-electron chi connectivity index (χ0n) is 13.7. The van der Waals surface area contributed by atoms with Crippen molar-refractivity contribution in [2.45, 2.75) is 57.2 Å². The third kappa shape index (κ3) is 5.23. The highest BCUT2D eigenvalue weighted by atomic mass is 28.4. The van der Waals surface area contributed by atoms with E-state index in [1.165, 1.54) is 20.8 Å². The number of alkyl halides is 9. The summed E-state index contributed by atoms with van der Waals surface area (Å²) in [6, 6.07) is -1.06. The molecule has 0 fully saturated rings. The Kier molecular flexibility index (Phi) is 8.26. The molecule has 0 aliphatic carbocycles. The molecule has 25 heavy (non-hydrogen) atoms. The molecule has 0 saturated carbocycles. The molecule has 0 aromatic rings. The molecule has 0 heterocycles. The molecule has 13 heteroatoms. The van der Waals surface area contributed by atoms with Crippen LogP contribution in [-0.4, -0.2) is 52.6 Å². The summed E-state index contributed by atoms with van der Waals surface area (Å²) < 4.78 is 131. The summed E-state index contributed by atoms with van der Waals surface area (Å²) in [7, 11) is -3.93. The highest BCUT2D eigenvalue weighted by Crippen LogP contribution is 2.54. The number of hydrogen-bond donors (Lipinski definition) is 0. The first-order valence-corrected chi connectivity index (χ1v) is 9.19. The molecule has 0 bridgehead atoms. The van der Waals surface area contributed by atoms with E-state index in [0.717, 1.165) is 0 Å². The SMILES string of the molecule is CCO[Si](CCC(F)(F)C(F)(F)C(F)(F)C(F)(F)F)(OCC)OCC. The van der Waals surface area contributed by atoms with Crippen molar-refractivity contribution < 1.29 is 52.8 Å². The van der Waals surface area contributed by atoms with Crippen LogP contribution in [0, 0.1) is 0 Å². The smallest absolute Gasteiger partial charge is 0.374 e. The molecule has 0 rings (SSSR count). The van der Waals surface area contributed by atoms with Gasteiger partial charge >= 0.3 is 32.7 Å². The fourth-order valence-electron chi connectivity index (χ4n) is 1.88. The summed E-state index contributed by atoms with van der Waals surface area (Å²) in [6.07, 6.45) is -8.87. The summed E-state index contributed by atoms with van der Waals surface area (Å²) in [5.41, 5.74) is 0. The zero-order valence-corrected chi connectivity index (χ0v) is 14.7. The standard InChI is InChI=1S/C12H19F9O3Si/c1-4-22-25(23-5-2,24-6-3)8-7-9(13,14)10(15,16)11(17,18)12(19,20)21/h4-8H2,1-3H3. The summed E-state index contributed by atoms with van der Waals surface area (Å²) >= 11 is 0. The molecular formula is C12H19F9O3Si. The van der Waals surface area contributed by atoms with Gasteiger partial charge in [0.15, 0.2) is 0 Å². The number of hydrogen-bond acceptors (Lipinski definition) is 3. The van der Waals surface area contributed by atoms with Crippen LogP contribution in [0.25, 0.3) is 0 Å². The Morgan fingerprint density at radius 2 is 1.00 bits per heavy atom. The average molecular weight is 410 g/mol. The summed E-state index contributed by atoms with van der Waals surface area (Å²) in [5, 5.41) is 0. The monoisotopic (exact) mass is 410 g/mol. The lowest BCUT2D eigenvalue weighted by Crippen LogP contribution is -2.61. The topological polar surface area (TPSA) is 27.7 Å². The van der Waals surface area contributed by atoms with E-state index in [4.69, 9.17) is 13.3 Å². The van der Waals surface area contributed by atoms with Crippen LogP contribution in [0.2, 0.25) is 6.04 Å². The van der Waals surface area contributed by atoms with E-state index >= 15 is 0 Å². The molecule has 3 nitrogen and oxygen atoms in total. The molecule has 0 radical (unpaired) electrons. The zero-order chi connectivity index (χ0) is 20.2. The van der Waals surface area contributed by atoms with E-state index in [2.05, 4.69) is 0 Å². The highest BCUT2D eigenvalue weighted by molar-refractivity contribution is 6.60. The molecule has 0 atom stereocenters. The quantitative estimate of drug-likeness (QED) is 0.359. The molecule has 0 aromatic carbocycles. The second kappa shape index (κ2) is 8.44. The molecule has 0 N–H and O–H groups in total. The summed E-state index contributed by atoms with van der Waals surface area (Å²) in [5.74, 6) is -19.2. The Morgan fingerprint density at radius 3 is 1.28 bits per heavy atom. The van der Waals surface area contributed by atoms with Gasteiger partial charge < -0.3 is 13.3 Å². The molecule has 0 unspecified atom stereocenters. The predicted molar refractivity (Wildman–Crippen MR) is 71.0 cm³/mol. The Hall–Kier alpha value is -0.533. The lowest BCUT2D eigenvalue weighted by atomic mass is 10.0. The van der Waals surface area contributed by atoms with Crippen molar-refractivity contribution in [3.63, 3.8) is 0 Å². The normalized spacial score (nSPS) is 14.9. The van der Waals surface area contributed by atoms with Crippen LogP contribution >= 0.6 is 0 Å². The van der Waals surface area contributed by atoms with E-state index < -0.39 is 45.2 Å². The first-order valence-electron chi connectivity index (χ1n) is 7.26. The lowest BCUT2D eigenvalue weighted by molar-refractivity contribution is -0.396. The van der Waals surface area contributed by atoms with Crippen LogP contribution < -0.4 is 0 Å². The second-order valence-electron chi connectivity index (χ2n) is 4.83. The van der Waals surface area contributed by atoms with Crippen molar-refractivity contribution in [3.05, 3.63) is 0 Å². The summed E-state index contributed by atoms with van der Waals surface area (Å²) in [4.78, 5) is 0. The van der Waals surface area contributed by atoms with E-state index in [9.17, 15) is 39.5 Å². The van der Waals surface area contributed by atoms with E-state index in [0.29, 0.717) is 0 Å². The van der Waals surface area contributed by atoms with Crippen LogP contribution in [0.5, 0.6) is 0 Å². The van der Waals surface area contributed by atoms with Crippen LogP contribution in [0.3, 0.4) is 0 Å². The van der Waals surface area contributed by atoms with Gasteiger partial charge in [0.05, 0.1) is 0 Å². The molecule has 0 aromatic heterocycles. The third-order valence-electron chi connectivity index (χ3n) is 3.05. The van der Waals surface area contributed by atoms with Gasteiger partial charge in [0.25, 0.3) is 0 Å². The van der Waals surface area contributed by atoms with Crippen molar-refractivity contribution in [2.75, 3.05) is 19.8 Å². The van der Waals surface area contributed by atoms with Crippen molar-refractivity contribution in [2.24, 2.45) is 0 Å². The van der Waals surface area contributed by atoms with Crippen molar-refractivity contribution >= 4 is 8.80 Å². The van der Waals surface area contributed by atoms with Gasteiger partial charge in [-0.05, 0) is 20.8 Å². The molecule has 0 aliphatic heterocycles. The Morgan fingerprint density at radius 1 is 0.640 bits per heavy atom. The van der Waals surface area contributed by atoms with E-state index in [-0.39, 0.29) is 19.8 Å². The van der Waals surface area contributed by atoms with Crippen molar-refractivity contribution in [1.82, 2.24) is 0 Å². The van der Waals surface area contributed by atoms with Gasteiger partial charge in [0.1, 0.15) is 0 Å². The Bertz CT molecular complexity index is 398. The first kappa shape index (κ1) is 24.5. The van der Waals surface area contributed by atoms with Gasteiger partial charge in [0.2, 0.25) is 0 Å². The summed E-state index contributed by atoms with van der Waals surface area (Å²) in [6.45, 7) is 3.91. The molecule has 0 amide bonds. The fraction of sp³-hybridized carbons (Fsp3) is 1.00. The minimum atomic E-state index is -6.91. The highest BCUT2D eigenvalue weighted by Gasteiger charge is 2.81. The fourth-order valence-corrected chi connectivity index (χ4v) is 4.50. The first-order chi connectivity index (χ1) is 11.1. The Balaban J connectivity index is 5.52. The predicted octanol–water partition coefficient (Wildman–Crippen LogP) is 4.89. The Labute approximate surface area is 139 Å². The molecule has 152 valence electrons. The van der Waals surface area contributed by atoms with Gasteiger partial charge in [-0.2, -0.15) is 39.5 Å². The van der Waals surface area contributed by atoms with E-state index in [1.807, 2.05) is 0 Å². The van der Waals surface area contributed by atoms with Crippen molar-refractivity contribution in [1.29, 1.82) is 0 Å². The molecule has 0 aliphatic rings. The van der Waals surface area contributed by atoms with Gasteiger partial charge in [-0.3, -0.25) is 0 Å². The second-order valence-corrected chi connectivity index (χ2v) is 7.57. The molecular weight excluding hydrogens is 391 g/mol. The van der Waals surface area contributed by atoms with Crippen LogP contribution in [0.4, 0.5) is 39.5 Å². The largest absolute Gasteiger partial charge is 0.501 e. The number of rotatable bonds is 11. The van der Waals surface area contributed by atoms with Crippen LogP contribution in [0.1, 0.15) is 27.2 Å². The minimum absolute atomic E-state index is 0.118.